The summed E-state index contributed by atoms with van der Waals surface area (Å²) >= 11 is 0. The molecule has 3 fully saturated rings. The van der Waals surface area contributed by atoms with Crippen molar-refractivity contribution < 1.29 is 5.32 Å². The molecule has 0 aliphatic heterocycles. The highest BCUT2D eigenvalue weighted by Crippen LogP contribution is 2.60. The maximum absolute atomic E-state index is 4.53. The van der Waals surface area contributed by atoms with E-state index >= 15 is 0 Å². The lowest BCUT2D eigenvalue weighted by atomic mass is 9.45. The quantitative estimate of drug-likeness (QED) is 0.590. The minimum absolute atomic E-state index is 0.372. The van der Waals surface area contributed by atoms with Gasteiger partial charge in [0, 0.05) is 18.3 Å². The van der Waals surface area contributed by atoms with Gasteiger partial charge in [0.25, 0.3) is 0 Å². The number of allylic oxidation sites excluding steroid dienone is 2. The Hall–Kier alpha value is -0.560. The van der Waals surface area contributed by atoms with Gasteiger partial charge in [0.1, 0.15) is 0 Å². The second kappa shape index (κ2) is 5.82. The Labute approximate surface area is 137 Å². The summed E-state index contributed by atoms with van der Waals surface area (Å²) in [5.74, 6) is 4.81. The molecular weight excluding hydrogens is 266 g/mol. The molecule has 3 rings (SSSR count). The van der Waals surface area contributed by atoms with Gasteiger partial charge in [-0.3, -0.25) is 0 Å². The molecule has 0 unspecified atom stereocenters. The van der Waals surface area contributed by atoms with E-state index in [0.29, 0.717) is 11.5 Å². The fourth-order valence-electron chi connectivity index (χ4n) is 6.59. The summed E-state index contributed by atoms with van der Waals surface area (Å²) in [5.41, 5.74) is 3.26. The average Bonchev–Trinajstić information content (AvgIpc) is 2.46. The number of hydrogen-bond acceptors (Lipinski definition) is 0. The smallest absolute Gasteiger partial charge is 0.0789 e. The van der Waals surface area contributed by atoms with Crippen LogP contribution in [0, 0.1) is 42.6 Å². The van der Waals surface area contributed by atoms with Gasteiger partial charge in [0.05, 0.1) is 5.54 Å². The zero-order valence-corrected chi connectivity index (χ0v) is 14.9. The highest BCUT2D eigenvalue weighted by molar-refractivity contribution is 5.20. The van der Waals surface area contributed by atoms with Crippen molar-refractivity contribution in [1.29, 1.82) is 0 Å². The summed E-state index contributed by atoms with van der Waals surface area (Å²) in [6, 6.07) is 0. The van der Waals surface area contributed by atoms with Crippen LogP contribution in [0.4, 0.5) is 0 Å². The number of rotatable bonds is 3. The highest BCUT2D eigenvalue weighted by atomic mass is 15.0. The molecule has 0 aromatic carbocycles. The van der Waals surface area contributed by atoms with Crippen molar-refractivity contribution in [2.45, 2.75) is 64.8 Å². The van der Waals surface area contributed by atoms with Crippen molar-refractivity contribution in [2.75, 3.05) is 0 Å². The van der Waals surface area contributed by atoms with E-state index in [1.165, 1.54) is 44.1 Å². The predicted molar refractivity (Wildman–Crippen MR) is 94.0 cm³/mol. The lowest BCUT2D eigenvalue weighted by Gasteiger charge is -2.62. The summed E-state index contributed by atoms with van der Waals surface area (Å²) in [5, 5.41) is 2.36. The molecule has 3 aliphatic rings. The molecule has 0 heterocycles. The molecule has 0 aromatic rings. The molecule has 22 heavy (non-hydrogen) atoms. The third-order valence-electron chi connectivity index (χ3n) is 7.57. The maximum Gasteiger partial charge on any atom is 0.0789 e. The molecule has 1 heteroatoms. The molecule has 7 atom stereocenters. The molecule has 1 nitrogen and oxygen atoms in total. The normalized spacial score (nSPS) is 47.9. The highest BCUT2D eigenvalue weighted by Gasteiger charge is 2.60. The molecule has 0 radical (unpaired) electrons. The van der Waals surface area contributed by atoms with Crippen LogP contribution in [0.2, 0.25) is 0 Å². The van der Waals surface area contributed by atoms with Crippen LogP contribution in [0.15, 0.2) is 24.3 Å². The molecule has 124 valence electrons. The fraction of sp³-hybridized carbons (Fsp3) is 0.762. The molecule has 0 spiro atoms. The Morgan fingerprint density at radius 2 is 2.09 bits per heavy atom. The fourth-order valence-corrected chi connectivity index (χ4v) is 6.59. The third kappa shape index (κ3) is 2.31. The number of nitrogens with two attached hydrogens (primary N) is 1. The van der Waals surface area contributed by atoms with Gasteiger partial charge in [-0.2, -0.15) is 7.05 Å². The lowest BCUT2D eigenvalue weighted by Crippen LogP contribution is -2.97. The molecule has 0 bridgehead atoms. The molecule has 0 amide bonds. The van der Waals surface area contributed by atoms with E-state index in [1.807, 2.05) is 0 Å². The summed E-state index contributed by atoms with van der Waals surface area (Å²) in [6.45, 7) is 15.9. The van der Waals surface area contributed by atoms with E-state index in [4.69, 9.17) is 0 Å². The molecule has 3 aliphatic carbocycles. The summed E-state index contributed by atoms with van der Waals surface area (Å²) in [6.07, 6.45) is 7.89. The Balaban J connectivity index is 2.02. The topological polar surface area (TPSA) is 16.6 Å². The van der Waals surface area contributed by atoms with E-state index < -0.39 is 0 Å². The molecular formula is C21H35N. The second-order valence-electron chi connectivity index (χ2n) is 8.80. The average molecular weight is 302 g/mol. The maximum atomic E-state index is 4.53. The van der Waals surface area contributed by atoms with Crippen LogP contribution in [0.3, 0.4) is 0 Å². The van der Waals surface area contributed by atoms with Crippen molar-refractivity contribution in [2.24, 2.45) is 35.5 Å². The van der Waals surface area contributed by atoms with Crippen LogP contribution in [0.5, 0.6) is 0 Å². The molecule has 2 N–H and O–H groups in total. The third-order valence-corrected chi connectivity index (χ3v) is 7.57. The van der Waals surface area contributed by atoms with Crippen LogP contribution in [0.1, 0.15) is 59.3 Å². The van der Waals surface area contributed by atoms with Gasteiger partial charge in [-0.15, -0.1) is 6.58 Å². The summed E-state index contributed by atoms with van der Waals surface area (Å²) < 4.78 is 0. The SMILES string of the molecule is C=C(C)C[C@@H]1C[C@H](C)[C@H]2CC[C@H](C)[C@@]3([NH2+][CH2-])CCC(=C)[C@@H]1[C@H]23. The largest absolute Gasteiger partial charge is 0.473 e. The first-order valence-corrected chi connectivity index (χ1v) is 9.36. The Kier molecular flexibility index (Phi) is 4.31. The van der Waals surface area contributed by atoms with Gasteiger partial charge in [-0.25, -0.2) is 0 Å². The summed E-state index contributed by atoms with van der Waals surface area (Å²) in [7, 11) is 4.33. The van der Waals surface area contributed by atoms with Gasteiger partial charge >= 0.3 is 0 Å². The van der Waals surface area contributed by atoms with E-state index in [0.717, 1.165) is 29.6 Å². The molecule has 0 saturated heterocycles. The predicted octanol–water partition coefficient (Wildman–Crippen LogP) is 4.33. The van der Waals surface area contributed by atoms with E-state index in [1.54, 1.807) is 5.57 Å². The standard InChI is InChI=1S/C21H35N/c1-13(2)11-17-12-15(4)18-8-7-16(5)21(22-6)10-9-14(3)19(17)20(18)21/h15-20H,1,3,6-12,22H2,2,4-5H3/t15-,16-,17+,18+,19-,20-,21-/m0/s1. The van der Waals surface area contributed by atoms with Gasteiger partial charge in [0.15, 0.2) is 0 Å². The molecule has 0 aromatic heterocycles. The van der Waals surface area contributed by atoms with Gasteiger partial charge < -0.3 is 5.32 Å². The van der Waals surface area contributed by atoms with E-state index in [2.05, 4.69) is 46.3 Å². The van der Waals surface area contributed by atoms with E-state index in [-0.39, 0.29) is 0 Å². The van der Waals surface area contributed by atoms with Crippen molar-refractivity contribution in [3.8, 4) is 0 Å². The lowest BCUT2D eigenvalue weighted by molar-refractivity contribution is -0.703. The monoisotopic (exact) mass is 301 g/mol. The number of quaternary nitrogens is 1. The second-order valence-corrected chi connectivity index (χ2v) is 8.80. The first-order valence-electron chi connectivity index (χ1n) is 9.36. The first-order chi connectivity index (χ1) is 10.4. The van der Waals surface area contributed by atoms with Crippen molar-refractivity contribution in [3.63, 3.8) is 0 Å². The van der Waals surface area contributed by atoms with Crippen molar-refractivity contribution in [1.82, 2.24) is 0 Å². The number of hydrogen-bond donors (Lipinski definition) is 1. The van der Waals surface area contributed by atoms with Crippen LogP contribution >= 0.6 is 0 Å². The van der Waals surface area contributed by atoms with Crippen molar-refractivity contribution >= 4 is 0 Å². The Morgan fingerprint density at radius 1 is 1.36 bits per heavy atom. The minimum Gasteiger partial charge on any atom is -0.473 e. The Morgan fingerprint density at radius 3 is 2.73 bits per heavy atom. The zero-order valence-electron chi connectivity index (χ0n) is 14.9. The van der Waals surface area contributed by atoms with Gasteiger partial charge in [-0.05, 0) is 62.7 Å². The van der Waals surface area contributed by atoms with Crippen LogP contribution in [0.25, 0.3) is 0 Å². The van der Waals surface area contributed by atoms with Crippen LogP contribution in [-0.2, 0) is 0 Å². The summed E-state index contributed by atoms with van der Waals surface area (Å²) in [4.78, 5) is 0. The molecule has 3 saturated carbocycles. The van der Waals surface area contributed by atoms with Crippen LogP contribution < -0.4 is 5.32 Å². The van der Waals surface area contributed by atoms with Gasteiger partial charge in [-0.1, -0.05) is 31.6 Å². The first kappa shape index (κ1) is 16.3. The van der Waals surface area contributed by atoms with Crippen molar-refractivity contribution in [3.05, 3.63) is 31.4 Å². The van der Waals surface area contributed by atoms with Gasteiger partial charge in [0.2, 0.25) is 0 Å². The Bertz CT molecular complexity index is 465. The zero-order chi connectivity index (χ0) is 16.1. The van der Waals surface area contributed by atoms with Crippen LogP contribution in [-0.4, -0.2) is 5.54 Å². The minimum atomic E-state index is 0.372. The van der Waals surface area contributed by atoms with E-state index in [9.17, 15) is 0 Å².